The van der Waals surface area contributed by atoms with Gasteiger partial charge < -0.3 is 10.2 Å². The van der Waals surface area contributed by atoms with Crippen LogP contribution in [0.1, 0.15) is 23.8 Å². The van der Waals surface area contributed by atoms with E-state index in [0.29, 0.717) is 5.92 Å². The monoisotopic (exact) mass is 281 g/mol. The molecule has 2 heterocycles. The Hall–Kier alpha value is -1.17. The van der Waals surface area contributed by atoms with Crippen LogP contribution in [0, 0.1) is 5.92 Å². The van der Waals surface area contributed by atoms with E-state index in [0.717, 1.165) is 37.7 Å². The van der Waals surface area contributed by atoms with Crippen LogP contribution in [0.4, 0.5) is 0 Å². The number of rotatable bonds is 5. The predicted octanol–water partition coefficient (Wildman–Crippen LogP) is 2.05. The Morgan fingerprint density at radius 2 is 2.47 bits per heavy atom. The van der Waals surface area contributed by atoms with Crippen LogP contribution in [0.3, 0.4) is 0 Å². The molecular formula is C14H19NO3S. The van der Waals surface area contributed by atoms with Crippen LogP contribution in [0.2, 0.25) is 0 Å². The number of aliphatic hydroxyl groups is 1. The second-order valence-electron chi connectivity index (χ2n) is 5.04. The summed E-state index contributed by atoms with van der Waals surface area (Å²) in [5.41, 5.74) is 0.939. The van der Waals surface area contributed by atoms with Gasteiger partial charge in [0.2, 0.25) is 0 Å². The molecule has 2 unspecified atom stereocenters. The molecule has 0 amide bonds. The molecule has 0 radical (unpaired) electrons. The number of carboxylic acid groups (broad SMARTS) is 1. The largest absolute Gasteiger partial charge is 0.478 e. The van der Waals surface area contributed by atoms with Gasteiger partial charge >= 0.3 is 5.97 Å². The lowest BCUT2D eigenvalue weighted by Crippen LogP contribution is -2.23. The molecule has 0 spiro atoms. The Balaban J connectivity index is 1.89. The van der Waals surface area contributed by atoms with Gasteiger partial charge in [0.1, 0.15) is 0 Å². The Morgan fingerprint density at radius 1 is 1.68 bits per heavy atom. The van der Waals surface area contributed by atoms with E-state index >= 15 is 0 Å². The first kappa shape index (κ1) is 14.2. The van der Waals surface area contributed by atoms with Gasteiger partial charge in [-0.05, 0) is 48.9 Å². The smallest absolute Gasteiger partial charge is 0.328 e. The highest BCUT2D eigenvalue weighted by Crippen LogP contribution is 2.24. The lowest BCUT2D eigenvalue weighted by molar-refractivity contribution is -0.131. The van der Waals surface area contributed by atoms with Crippen LogP contribution >= 0.6 is 11.3 Å². The molecule has 19 heavy (non-hydrogen) atoms. The molecule has 0 aliphatic carbocycles. The van der Waals surface area contributed by atoms with E-state index in [9.17, 15) is 9.90 Å². The molecule has 4 nitrogen and oxygen atoms in total. The highest BCUT2D eigenvalue weighted by Gasteiger charge is 2.25. The predicted molar refractivity (Wildman–Crippen MR) is 76.1 cm³/mol. The van der Waals surface area contributed by atoms with Gasteiger partial charge in [0.25, 0.3) is 0 Å². The maximum atomic E-state index is 10.4. The molecule has 104 valence electrons. The summed E-state index contributed by atoms with van der Waals surface area (Å²) in [4.78, 5) is 14.0. The molecule has 1 aliphatic heterocycles. The van der Waals surface area contributed by atoms with Gasteiger partial charge in [0.15, 0.2) is 0 Å². The van der Waals surface area contributed by atoms with Crippen molar-refractivity contribution in [3.8, 4) is 0 Å². The number of thiophene rings is 1. The number of aliphatic hydroxyl groups excluding tert-OH is 1. The zero-order valence-corrected chi connectivity index (χ0v) is 11.8. The first-order valence-corrected chi connectivity index (χ1v) is 7.31. The van der Waals surface area contributed by atoms with Gasteiger partial charge in [-0.15, -0.1) is 11.3 Å². The standard InChI is InChI=1S/C14H19NO3S/c1-10(16)12-4-5-15(7-12)8-13-6-11(9-19-13)2-3-14(17)18/h2-3,6,9-10,12,16H,4-5,7-8H2,1H3,(H,17,18)/b3-2+. The van der Waals surface area contributed by atoms with Crippen LogP contribution in [0.25, 0.3) is 6.08 Å². The van der Waals surface area contributed by atoms with Gasteiger partial charge in [0, 0.05) is 24.0 Å². The number of carboxylic acids is 1. The Kier molecular flexibility index (Phi) is 4.74. The van der Waals surface area contributed by atoms with Crippen molar-refractivity contribution in [3.63, 3.8) is 0 Å². The molecule has 2 N–H and O–H groups in total. The Labute approximate surface area is 117 Å². The Bertz CT molecular complexity index is 467. The molecule has 1 saturated heterocycles. The molecule has 1 aromatic heterocycles. The maximum Gasteiger partial charge on any atom is 0.328 e. The summed E-state index contributed by atoms with van der Waals surface area (Å²) in [6, 6.07) is 2.03. The fraction of sp³-hybridized carbons (Fsp3) is 0.500. The van der Waals surface area contributed by atoms with Crippen LogP contribution in [0.15, 0.2) is 17.5 Å². The molecule has 1 aromatic rings. The number of likely N-dealkylation sites (tertiary alicyclic amines) is 1. The Morgan fingerprint density at radius 3 is 3.11 bits per heavy atom. The molecule has 1 fully saturated rings. The molecule has 5 heteroatoms. The highest BCUT2D eigenvalue weighted by atomic mass is 32.1. The second-order valence-corrected chi connectivity index (χ2v) is 6.04. The van der Waals surface area contributed by atoms with Crippen molar-refractivity contribution < 1.29 is 15.0 Å². The van der Waals surface area contributed by atoms with E-state index in [1.165, 1.54) is 4.88 Å². The van der Waals surface area contributed by atoms with Gasteiger partial charge in [-0.3, -0.25) is 4.90 Å². The van der Waals surface area contributed by atoms with Crippen molar-refractivity contribution in [2.45, 2.75) is 26.0 Å². The minimum absolute atomic E-state index is 0.234. The van der Waals surface area contributed by atoms with Gasteiger partial charge in [-0.2, -0.15) is 0 Å². The van der Waals surface area contributed by atoms with E-state index in [-0.39, 0.29) is 6.10 Å². The van der Waals surface area contributed by atoms with E-state index in [1.807, 2.05) is 18.4 Å². The van der Waals surface area contributed by atoms with Gasteiger partial charge in [0.05, 0.1) is 6.10 Å². The fourth-order valence-electron chi connectivity index (χ4n) is 2.36. The number of carbonyl (C=O) groups is 1. The van der Waals surface area contributed by atoms with E-state index in [4.69, 9.17) is 5.11 Å². The van der Waals surface area contributed by atoms with Crippen molar-refractivity contribution in [2.24, 2.45) is 5.92 Å². The normalized spacial score (nSPS) is 22.1. The van der Waals surface area contributed by atoms with E-state index < -0.39 is 5.97 Å². The molecule has 0 bridgehead atoms. The molecule has 2 rings (SSSR count). The van der Waals surface area contributed by atoms with Crippen molar-refractivity contribution >= 4 is 23.4 Å². The number of nitrogens with zero attached hydrogens (tertiary/aromatic N) is 1. The third kappa shape index (κ3) is 4.16. The van der Waals surface area contributed by atoms with E-state index in [2.05, 4.69) is 4.90 Å². The summed E-state index contributed by atoms with van der Waals surface area (Å²) in [7, 11) is 0. The summed E-state index contributed by atoms with van der Waals surface area (Å²) in [6.07, 6.45) is 3.59. The van der Waals surface area contributed by atoms with Gasteiger partial charge in [-0.1, -0.05) is 0 Å². The highest BCUT2D eigenvalue weighted by molar-refractivity contribution is 7.10. The summed E-state index contributed by atoms with van der Waals surface area (Å²) >= 11 is 1.65. The van der Waals surface area contributed by atoms with E-state index in [1.54, 1.807) is 17.4 Å². The number of hydrogen-bond acceptors (Lipinski definition) is 4. The molecule has 1 aliphatic rings. The molecule has 2 atom stereocenters. The van der Waals surface area contributed by atoms with Crippen molar-refractivity contribution in [1.29, 1.82) is 0 Å². The first-order valence-electron chi connectivity index (χ1n) is 6.43. The molecule has 0 aromatic carbocycles. The van der Waals surface area contributed by atoms with Crippen LogP contribution in [0.5, 0.6) is 0 Å². The molecular weight excluding hydrogens is 262 g/mol. The molecule has 0 saturated carbocycles. The fourth-order valence-corrected chi connectivity index (χ4v) is 3.25. The third-order valence-corrected chi connectivity index (χ3v) is 4.40. The summed E-state index contributed by atoms with van der Waals surface area (Å²) in [5.74, 6) is -0.543. The van der Waals surface area contributed by atoms with Crippen LogP contribution in [-0.2, 0) is 11.3 Å². The minimum Gasteiger partial charge on any atom is -0.478 e. The summed E-state index contributed by atoms with van der Waals surface area (Å²) in [5, 5.41) is 20.1. The first-order chi connectivity index (χ1) is 9.04. The average Bonchev–Trinajstić information content (AvgIpc) is 2.96. The SMILES string of the molecule is CC(O)C1CCN(Cc2cc(/C=C/C(=O)O)cs2)C1. The lowest BCUT2D eigenvalue weighted by Gasteiger charge is -2.16. The lowest BCUT2D eigenvalue weighted by atomic mass is 10.0. The van der Waals surface area contributed by atoms with Crippen LogP contribution in [-0.4, -0.2) is 40.3 Å². The summed E-state index contributed by atoms with van der Waals surface area (Å²) in [6.45, 7) is 4.70. The second kappa shape index (κ2) is 6.32. The van der Waals surface area contributed by atoms with Crippen molar-refractivity contribution in [1.82, 2.24) is 4.90 Å². The number of hydrogen-bond donors (Lipinski definition) is 2. The van der Waals surface area contributed by atoms with Crippen LogP contribution < -0.4 is 0 Å². The maximum absolute atomic E-state index is 10.4. The summed E-state index contributed by atoms with van der Waals surface area (Å²) < 4.78 is 0. The van der Waals surface area contributed by atoms with Gasteiger partial charge in [-0.25, -0.2) is 4.79 Å². The third-order valence-electron chi connectivity index (χ3n) is 3.46. The van der Waals surface area contributed by atoms with Crippen molar-refractivity contribution in [3.05, 3.63) is 28.0 Å². The minimum atomic E-state index is -0.924. The zero-order chi connectivity index (χ0) is 13.8. The average molecular weight is 281 g/mol. The quantitative estimate of drug-likeness (QED) is 0.811. The zero-order valence-electron chi connectivity index (χ0n) is 11.0. The number of aliphatic carboxylic acids is 1. The van der Waals surface area contributed by atoms with Crippen molar-refractivity contribution in [2.75, 3.05) is 13.1 Å². The topological polar surface area (TPSA) is 60.8 Å².